The number of anilines is 1. The first-order valence-electron chi connectivity index (χ1n) is 8.02. The van der Waals surface area contributed by atoms with E-state index < -0.39 is 15.8 Å². The standard InChI is InChI=1S/C18H21FN2O2S/c1-20-12-10-17(11-13-20)21(16-7-3-2-4-8-16)24(22,23)18-9-5-6-15(19)14-18/h2-9,14,17H,10-13H2,1H3. The van der Waals surface area contributed by atoms with Gasteiger partial charge in [0.05, 0.1) is 10.6 Å². The number of para-hydroxylation sites is 1. The van der Waals surface area contributed by atoms with Crippen molar-refractivity contribution >= 4 is 15.7 Å². The van der Waals surface area contributed by atoms with Gasteiger partial charge >= 0.3 is 0 Å². The van der Waals surface area contributed by atoms with E-state index in [9.17, 15) is 12.8 Å². The molecule has 1 fully saturated rings. The number of benzene rings is 2. The van der Waals surface area contributed by atoms with E-state index in [1.165, 1.54) is 22.5 Å². The molecule has 1 heterocycles. The van der Waals surface area contributed by atoms with Crippen LogP contribution in [0.5, 0.6) is 0 Å². The van der Waals surface area contributed by atoms with E-state index in [0.29, 0.717) is 5.69 Å². The average Bonchev–Trinajstić information content (AvgIpc) is 2.58. The fourth-order valence-electron chi connectivity index (χ4n) is 3.09. The minimum atomic E-state index is -3.82. The Morgan fingerprint density at radius 2 is 1.71 bits per heavy atom. The fraction of sp³-hybridized carbons (Fsp3) is 0.333. The van der Waals surface area contributed by atoms with Crippen molar-refractivity contribution in [1.82, 2.24) is 4.90 Å². The number of rotatable bonds is 4. The van der Waals surface area contributed by atoms with E-state index in [4.69, 9.17) is 0 Å². The lowest BCUT2D eigenvalue weighted by molar-refractivity contribution is 0.257. The molecule has 4 nitrogen and oxygen atoms in total. The summed E-state index contributed by atoms with van der Waals surface area (Å²) in [5.41, 5.74) is 0.622. The SMILES string of the molecule is CN1CCC(N(c2ccccc2)S(=O)(=O)c2cccc(F)c2)CC1. The van der Waals surface area contributed by atoms with Crippen LogP contribution in [0.15, 0.2) is 59.5 Å². The van der Waals surface area contributed by atoms with Crippen LogP contribution in [0.3, 0.4) is 0 Å². The number of hydrogen-bond acceptors (Lipinski definition) is 3. The van der Waals surface area contributed by atoms with Gasteiger partial charge in [0.1, 0.15) is 5.82 Å². The van der Waals surface area contributed by atoms with Crippen molar-refractivity contribution in [3.05, 3.63) is 60.4 Å². The Balaban J connectivity index is 2.04. The summed E-state index contributed by atoms with van der Waals surface area (Å²) in [6.45, 7) is 1.68. The first-order chi connectivity index (χ1) is 11.5. The summed E-state index contributed by atoms with van der Waals surface area (Å²) < 4.78 is 41.5. The van der Waals surface area contributed by atoms with E-state index in [1.54, 1.807) is 12.1 Å². The highest BCUT2D eigenvalue weighted by Crippen LogP contribution is 2.30. The van der Waals surface area contributed by atoms with E-state index in [-0.39, 0.29) is 10.9 Å². The second-order valence-corrected chi connectivity index (χ2v) is 7.94. The molecule has 0 amide bonds. The number of sulfonamides is 1. The van der Waals surface area contributed by atoms with E-state index in [2.05, 4.69) is 4.90 Å². The Kier molecular flexibility index (Phi) is 4.87. The van der Waals surface area contributed by atoms with Gasteiger partial charge in [-0.1, -0.05) is 24.3 Å². The van der Waals surface area contributed by atoms with Gasteiger partial charge in [0, 0.05) is 6.04 Å². The average molecular weight is 348 g/mol. The molecule has 1 saturated heterocycles. The fourth-order valence-corrected chi connectivity index (χ4v) is 4.83. The highest BCUT2D eigenvalue weighted by atomic mass is 32.2. The molecular weight excluding hydrogens is 327 g/mol. The molecule has 0 aromatic heterocycles. The molecule has 0 radical (unpaired) electrons. The van der Waals surface area contributed by atoms with Crippen LogP contribution in [-0.2, 0) is 10.0 Å². The number of hydrogen-bond donors (Lipinski definition) is 0. The van der Waals surface area contributed by atoms with Crippen molar-refractivity contribution in [2.24, 2.45) is 0 Å². The Morgan fingerprint density at radius 1 is 1.04 bits per heavy atom. The van der Waals surface area contributed by atoms with Crippen molar-refractivity contribution in [3.8, 4) is 0 Å². The molecule has 0 bridgehead atoms. The Labute approximate surface area is 142 Å². The Morgan fingerprint density at radius 3 is 2.33 bits per heavy atom. The van der Waals surface area contributed by atoms with Crippen molar-refractivity contribution in [3.63, 3.8) is 0 Å². The maximum atomic E-state index is 13.6. The van der Waals surface area contributed by atoms with Crippen molar-refractivity contribution in [1.29, 1.82) is 0 Å². The van der Waals surface area contributed by atoms with Gasteiger partial charge in [0.2, 0.25) is 0 Å². The topological polar surface area (TPSA) is 40.6 Å². The monoisotopic (exact) mass is 348 g/mol. The largest absolute Gasteiger partial charge is 0.306 e. The second kappa shape index (κ2) is 6.91. The molecule has 0 spiro atoms. The van der Waals surface area contributed by atoms with E-state index in [1.807, 2.05) is 25.2 Å². The van der Waals surface area contributed by atoms with Gasteiger partial charge in [-0.05, 0) is 63.3 Å². The second-order valence-electron chi connectivity index (χ2n) is 6.13. The van der Waals surface area contributed by atoms with E-state index >= 15 is 0 Å². The molecule has 128 valence electrons. The molecule has 0 N–H and O–H groups in total. The molecule has 0 aliphatic carbocycles. The summed E-state index contributed by atoms with van der Waals surface area (Å²) in [4.78, 5) is 2.18. The van der Waals surface area contributed by atoms with Gasteiger partial charge in [-0.25, -0.2) is 12.8 Å². The Hall–Kier alpha value is -1.92. The van der Waals surface area contributed by atoms with Gasteiger partial charge in [-0.2, -0.15) is 0 Å². The van der Waals surface area contributed by atoms with Crippen LogP contribution in [0.1, 0.15) is 12.8 Å². The van der Waals surface area contributed by atoms with Crippen LogP contribution in [0.25, 0.3) is 0 Å². The molecule has 3 rings (SSSR count). The van der Waals surface area contributed by atoms with Gasteiger partial charge < -0.3 is 4.90 Å². The van der Waals surface area contributed by atoms with Crippen LogP contribution in [-0.4, -0.2) is 39.5 Å². The highest BCUT2D eigenvalue weighted by molar-refractivity contribution is 7.92. The molecule has 2 aromatic carbocycles. The van der Waals surface area contributed by atoms with E-state index in [0.717, 1.165) is 32.0 Å². The van der Waals surface area contributed by atoms with Gasteiger partial charge in [-0.15, -0.1) is 0 Å². The zero-order valence-electron chi connectivity index (χ0n) is 13.6. The first kappa shape index (κ1) is 16.9. The van der Waals surface area contributed by atoms with Gasteiger partial charge in [-0.3, -0.25) is 4.31 Å². The highest BCUT2D eigenvalue weighted by Gasteiger charge is 2.33. The smallest absolute Gasteiger partial charge is 0.264 e. The molecule has 0 unspecified atom stereocenters. The quantitative estimate of drug-likeness (QED) is 0.852. The predicted octanol–water partition coefficient (Wildman–Crippen LogP) is 3.12. The van der Waals surface area contributed by atoms with Gasteiger partial charge in [0.25, 0.3) is 10.0 Å². The maximum absolute atomic E-state index is 13.6. The molecule has 2 aromatic rings. The first-order valence-corrected chi connectivity index (χ1v) is 9.46. The van der Waals surface area contributed by atoms with Crippen LogP contribution < -0.4 is 4.31 Å². The summed E-state index contributed by atoms with van der Waals surface area (Å²) >= 11 is 0. The van der Waals surface area contributed by atoms with Crippen LogP contribution in [0.4, 0.5) is 10.1 Å². The summed E-state index contributed by atoms with van der Waals surface area (Å²) in [6, 6.07) is 14.1. The number of nitrogens with zero attached hydrogens (tertiary/aromatic N) is 2. The number of halogens is 1. The summed E-state index contributed by atoms with van der Waals surface area (Å²) in [7, 11) is -1.79. The Bertz CT molecular complexity index is 788. The third-order valence-electron chi connectivity index (χ3n) is 4.38. The normalized spacial score (nSPS) is 16.9. The van der Waals surface area contributed by atoms with Crippen molar-refractivity contribution in [2.75, 3.05) is 24.4 Å². The van der Waals surface area contributed by atoms with Crippen LogP contribution >= 0.6 is 0 Å². The molecule has 1 aliphatic rings. The molecule has 6 heteroatoms. The van der Waals surface area contributed by atoms with Gasteiger partial charge in [0.15, 0.2) is 0 Å². The molecule has 0 atom stereocenters. The minimum Gasteiger partial charge on any atom is -0.306 e. The third-order valence-corrected chi connectivity index (χ3v) is 6.26. The number of piperidine rings is 1. The molecule has 0 saturated carbocycles. The molecule has 24 heavy (non-hydrogen) atoms. The third kappa shape index (κ3) is 3.44. The maximum Gasteiger partial charge on any atom is 0.264 e. The van der Waals surface area contributed by atoms with Crippen molar-refractivity contribution in [2.45, 2.75) is 23.8 Å². The zero-order chi connectivity index (χ0) is 17.2. The molecule has 1 aliphatic heterocycles. The lowest BCUT2D eigenvalue weighted by Gasteiger charge is -2.37. The predicted molar refractivity (Wildman–Crippen MR) is 93.0 cm³/mol. The van der Waals surface area contributed by atoms with Crippen LogP contribution in [0, 0.1) is 5.82 Å². The van der Waals surface area contributed by atoms with Crippen molar-refractivity contribution < 1.29 is 12.8 Å². The zero-order valence-corrected chi connectivity index (χ0v) is 14.4. The summed E-state index contributed by atoms with van der Waals surface area (Å²) in [5, 5.41) is 0. The summed E-state index contributed by atoms with van der Waals surface area (Å²) in [6.07, 6.45) is 1.50. The lowest BCUT2D eigenvalue weighted by Crippen LogP contribution is -2.46. The molecular formula is C18H21FN2O2S. The summed E-state index contributed by atoms with van der Waals surface area (Å²) in [5.74, 6) is -0.549. The minimum absolute atomic E-state index is 0.00900. The number of likely N-dealkylation sites (tertiary alicyclic amines) is 1. The lowest BCUT2D eigenvalue weighted by atomic mass is 10.1. The van der Waals surface area contributed by atoms with Crippen LogP contribution in [0.2, 0.25) is 0 Å².